The van der Waals surface area contributed by atoms with Gasteiger partial charge < -0.3 is 15.9 Å². The van der Waals surface area contributed by atoms with E-state index in [1.165, 1.54) is 6.92 Å². The second kappa shape index (κ2) is 3.40. The fourth-order valence-corrected chi connectivity index (χ4v) is 1.24. The molecule has 0 fully saturated rings. The van der Waals surface area contributed by atoms with Gasteiger partial charge in [0.25, 0.3) is 0 Å². The third-order valence-corrected chi connectivity index (χ3v) is 1.95. The van der Waals surface area contributed by atoms with Crippen LogP contribution in [0, 0.1) is 5.82 Å². The van der Waals surface area contributed by atoms with E-state index in [1.807, 2.05) is 0 Å². The number of rotatable bonds is 1. The molecule has 1 rings (SSSR count). The van der Waals surface area contributed by atoms with Crippen LogP contribution in [0.25, 0.3) is 0 Å². The molecule has 0 aliphatic heterocycles. The Morgan fingerprint density at radius 3 is 2.54 bits per heavy atom. The summed E-state index contributed by atoms with van der Waals surface area (Å²) in [5, 5.41) is 18.2. The molecule has 1 aromatic carbocycles. The fraction of sp³-hybridized carbons (Fsp3) is 0.250. The third-order valence-electron chi connectivity index (χ3n) is 1.66. The van der Waals surface area contributed by atoms with Gasteiger partial charge in [0.05, 0.1) is 10.6 Å². The number of phenolic OH excluding ortho intramolecular Hbond substituents is 2. The molecule has 0 aromatic heterocycles. The van der Waals surface area contributed by atoms with E-state index in [-0.39, 0.29) is 10.6 Å². The lowest BCUT2D eigenvalue weighted by molar-refractivity contribution is 0.409. The van der Waals surface area contributed by atoms with Crippen LogP contribution in [0.15, 0.2) is 6.07 Å². The van der Waals surface area contributed by atoms with E-state index in [0.29, 0.717) is 0 Å². The SMILES string of the molecule is CC(N)c1c(O)c(Cl)cc(O)c1F. The molecule has 3 nitrogen and oxygen atoms in total. The highest BCUT2D eigenvalue weighted by Crippen LogP contribution is 2.37. The van der Waals surface area contributed by atoms with Gasteiger partial charge in [-0.05, 0) is 6.92 Å². The van der Waals surface area contributed by atoms with E-state index in [9.17, 15) is 9.50 Å². The van der Waals surface area contributed by atoms with E-state index in [4.69, 9.17) is 22.4 Å². The zero-order valence-electron chi connectivity index (χ0n) is 6.88. The maximum Gasteiger partial charge on any atom is 0.173 e. The first-order valence-corrected chi connectivity index (χ1v) is 3.98. The number of hydrogen-bond donors (Lipinski definition) is 3. The lowest BCUT2D eigenvalue weighted by Crippen LogP contribution is -2.08. The standard InChI is InChI=1S/C8H9ClFNO2/c1-3(11)6-7(10)5(12)2-4(9)8(6)13/h2-3,12-13H,11H2,1H3. The van der Waals surface area contributed by atoms with Crippen molar-refractivity contribution >= 4 is 11.6 Å². The zero-order valence-corrected chi connectivity index (χ0v) is 7.64. The van der Waals surface area contributed by atoms with Crippen LogP contribution < -0.4 is 5.73 Å². The van der Waals surface area contributed by atoms with Crippen LogP contribution in [0.1, 0.15) is 18.5 Å². The molecule has 1 atom stereocenters. The van der Waals surface area contributed by atoms with Crippen LogP contribution >= 0.6 is 11.6 Å². The van der Waals surface area contributed by atoms with Crippen molar-refractivity contribution in [1.29, 1.82) is 0 Å². The second-order valence-electron chi connectivity index (χ2n) is 2.74. The first-order valence-electron chi connectivity index (χ1n) is 3.60. The highest BCUT2D eigenvalue weighted by Gasteiger charge is 2.19. The van der Waals surface area contributed by atoms with E-state index in [0.717, 1.165) is 6.07 Å². The Labute approximate surface area is 79.6 Å². The molecule has 4 N–H and O–H groups in total. The molecular weight excluding hydrogens is 197 g/mol. The summed E-state index contributed by atoms with van der Waals surface area (Å²) in [4.78, 5) is 0. The summed E-state index contributed by atoms with van der Waals surface area (Å²) in [7, 11) is 0. The fourth-order valence-electron chi connectivity index (χ4n) is 1.04. The van der Waals surface area contributed by atoms with Crippen molar-refractivity contribution in [3.8, 4) is 11.5 Å². The van der Waals surface area contributed by atoms with Crippen molar-refractivity contribution in [3.63, 3.8) is 0 Å². The van der Waals surface area contributed by atoms with Crippen LogP contribution in [0.3, 0.4) is 0 Å². The molecule has 1 aromatic rings. The Morgan fingerprint density at radius 2 is 2.08 bits per heavy atom. The quantitative estimate of drug-likeness (QED) is 0.614. The average molecular weight is 206 g/mol. The molecule has 0 aliphatic rings. The predicted octanol–water partition coefficient (Wildman–Crippen LogP) is 1.91. The summed E-state index contributed by atoms with van der Waals surface area (Å²) in [5.74, 6) is -1.97. The molecule has 0 aliphatic carbocycles. The molecule has 0 radical (unpaired) electrons. The average Bonchev–Trinajstić information content (AvgIpc) is 2.01. The maximum absolute atomic E-state index is 13.1. The highest BCUT2D eigenvalue weighted by molar-refractivity contribution is 6.32. The van der Waals surface area contributed by atoms with Crippen molar-refractivity contribution in [2.24, 2.45) is 5.73 Å². The summed E-state index contributed by atoms with van der Waals surface area (Å²) >= 11 is 5.50. The van der Waals surface area contributed by atoms with Gasteiger partial charge in [0, 0.05) is 12.1 Å². The number of phenols is 2. The van der Waals surface area contributed by atoms with E-state index >= 15 is 0 Å². The smallest absolute Gasteiger partial charge is 0.173 e. The Bertz CT molecular complexity index is 315. The first-order chi connectivity index (χ1) is 5.95. The zero-order chi connectivity index (χ0) is 10.2. The minimum atomic E-state index is -0.933. The van der Waals surface area contributed by atoms with E-state index < -0.39 is 23.4 Å². The molecule has 5 heteroatoms. The van der Waals surface area contributed by atoms with Gasteiger partial charge in [-0.3, -0.25) is 0 Å². The van der Waals surface area contributed by atoms with Gasteiger partial charge in [-0.2, -0.15) is 0 Å². The topological polar surface area (TPSA) is 66.5 Å². The van der Waals surface area contributed by atoms with Crippen LogP contribution in [0.4, 0.5) is 4.39 Å². The van der Waals surface area contributed by atoms with Gasteiger partial charge in [-0.25, -0.2) is 4.39 Å². The second-order valence-corrected chi connectivity index (χ2v) is 3.15. The summed E-state index contributed by atoms with van der Waals surface area (Å²) in [6.45, 7) is 1.48. The van der Waals surface area contributed by atoms with Crippen LogP contribution in [0.2, 0.25) is 5.02 Å². The molecule has 0 saturated carbocycles. The summed E-state index contributed by atoms with van der Waals surface area (Å²) in [5.41, 5.74) is 5.21. The largest absolute Gasteiger partial charge is 0.506 e. The van der Waals surface area contributed by atoms with Gasteiger partial charge in [0.2, 0.25) is 0 Å². The molecule has 72 valence electrons. The van der Waals surface area contributed by atoms with E-state index in [2.05, 4.69) is 0 Å². The summed E-state index contributed by atoms with van der Waals surface area (Å²) in [6, 6.07) is 0.197. The lowest BCUT2D eigenvalue weighted by Gasteiger charge is -2.11. The Hall–Kier alpha value is -1.00. The van der Waals surface area contributed by atoms with Gasteiger partial charge in [0.15, 0.2) is 11.6 Å². The number of nitrogens with two attached hydrogens (primary N) is 1. The highest BCUT2D eigenvalue weighted by atomic mass is 35.5. The number of halogens is 2. The van der Waals surface area contributed by atoms with Crippen molar-refractivity contribution in [3.05, 3.63) is 22.5 Å². The Balaban J connectivity index is 3.46. The van der Waals surface area contributed by atoms with Crippen molar-refractivity contribution in [1.82, 2.24) is 0 Å². The summed E-state index contributed by atoms with van der Waals surface area (Å²) < 4.78 is 13.1. The molecule has 0 saturated heterocycles. The Kier molecular flexibility index (Phi) is 2.63. The monoisotopic (exact) mass is 205 g/mol. The molecule has 0 spiro atoms. The minimum Gasteiger partial charge on any atom is -0.506 e. The maximum atomic E-state index is 13.1. The molecule has 1 unspecified atom stereocenters. The van der Waals surface area contributed by atoms with Gasteiger partial charge in [-0.15, -0.1) is 0 Å². The predicted molar refractivity (Wildman–Crippen MR) is 47.3 cm³/mol. The van der Waals surface area contributed by atoms with Crippen LogP contribution in [-0.4, -0.2) is 10.2 Å². The third kappa shape index (κ3) is 1.68. The van der Waals surface area contributed by atoms with Gasteiger partial charge in [0.1, 0.15) is 5.75 Å². The normalized spacial score (nSPS) is 12.9. The van der Waals surface area contributed by atoms with Crippen LogP contribution in [-0.2, 0) is 0 Å². The van der Waals surface area contributed by atoms with Gasteiger partial charge >= 0.3 is 0 Å². The number of hydrogen-bond acceptors (Lipinski definition) is 3. The van der Waals surface area contributed by atoms with Crippen molar-refractivity contribution in [2.75, 3.05) is 0 Å². The Morgan fingerprint density at radius 1 is 1.54 bits per heavy atom. The molecular formula is C8H9ClFNO2. The first kappa shape index (κ1) is 10.1. The van der Waals surface area contributed by atoms with E-state index in [1.54, 1.807) is 0 Å². The van der Waals surface area contributed by atoms with Crippen LogP contribution in [0.5, 0.6) is 11.5 Å². The minimum absolute atomic E-state index is 0.119. The number of benzene rings is 1. The van der Waals surface area contributed by atoms with Crippen molar-refractivity contribution < 1.29 is 14.6 Å². The summed E-state index contributed by atoms with van der Waals surface area (Å²) in [6.07, 6.45) is 0. The lowest BCUT2D eigenvalue weighted by atomic mass is 10.1. The molecule has 0 bridgehead atoms. The molecule has 0 amide bonds. The molecule has 0 heterocycles. The van der Waals surface area contributed by atoms with Crippen molar-refractivity contribution in [2.45, 2.75) is 13.0 Å². The number of aromatic hydroxyl groups is 2. The molecule has 13 heavy (non-hydrogen) atoms. The van der Waals surface area contributed by atoms with Gasteiger partial charge in [-0.1, -0.05) is 11.6 Å².